The Kier molecular flexibility index (Phi) is 2.84. The number of aromatic carboxylic acids is 1. The number of carboxylic acids is 1. The minimum Gasteiger partial charge on any atom is -0.478 e. The van der Waals surface area contributed by atoms with Crippen molar-refractivity contribution >= 4 is 16.0 Å². The topological polar surface area (TPSA) is 107 Å². The molecule has 1 aromatic carbocycles. The van der Waals surface area contributed by atoms with Crippen molar-refractivity contribution < 1.29 is 18.3 Å². The van der Waals surface area contributed by atoms with E-state index in [0.717, 1.165) is 6.07 Å². The van der Waals surface area contributed by atoms with Crippen LogP contribution in [0.1, 0.15) is 23.2 Å². The predicted octanol–water partition coefficient (Wildman–Crippen LogP) is 0.719. The number of nitrogens with zero attached hydrogens (tertiary/aromatic N) is 1. The Morgan fingerprint density at radius 1 is 1.44 bits per heavy atom. The fourth-order valence-corrected chi connectivity index (χ4v) is 2.90. The highest BCUT2D eigenvalue weighted by Crippen LogP contribution is 2.35. The number of nitriles is 1. The van der Waals surface area contributed by atoms with Crippen LogP contribution in [0.25, 0.3) is 0 Å². The molecule has 0 bridgehead atoms. The molecule has 2 rings (SSSR count). The van der Waals surface area contributed by atoms with Gasteiger partial charge >= 0.3 is 5.97 Å². The summed E-state index contributed by atoms with van der Waals surface area (Å²) in [5.74, 6) is -1.20. The van der Waals surface area contributed by atoms with E-state index in [9.17, 15) is 13.2 Å². The average molecular weight is 266 g/mol. The molecule has 0 unspecified atom stereocenters. The van der Waals surface area contributed by atoms with Crippen LogP contribution in [-0.4, -0.2) is 25.0 Å². The predicted molar refractivity (Wildman–Crippen MR) is 61.3 cm³/mol. The molecule has 2 N–H and O–H groups in total. The molecule has 0 saturated heterocycles. The van der Waals surface area contributed by atoms with Gasteiger partial charge in [0.15, 0.2) is 0 Å². The summed E-state index contributed by atoms with van der Waals surface area (Å²) in [5, 5.41) is 17.6. The smallest absolute Gasteiger partial charge is 0.335 e. The second-order valence-electron chi connectivity index (χ2n) is 4.13. The molecule has 0 aromatic heterocycles. The zero-order chi connectivity index (χ0) is 13.4. The van der Waals surface area contributed by atoms with Crippen molar-refractivity contribution in [2.24, 2.45) is 0 Å². The number of hydrogen-bond donors (Lipinski definition) is 2. The number of nitrogens with one attached hydrogen (secondary N) is 1. The van der Waals surface area contributed by atoms with Crippen LogP contribution < -0.4 is 4.72 Å². The molecule has 1 saturated carbocycles. The van der Waals surface area contributed by atoms with E-state index in [0.29, 0.717) is 12.8 Å². The third kappa shape index (κ3) is 2.34. The van der Waals surface area contributed by atoms with Crippen molar-refractivity contribution in [3.8, 4) is 6.07 Å². The summed E-state index contributed by atoms with van der Waals surface area (Å²) in [5.41, 5.74) is -1.13. The maximum atomic E-state index is 12.0. The van der Waals surface area contributed by atoms with Gasteiger partial charge in [0.1, 0.15) is 5.54 Å². The lowest BCUT2D eigenvalue weighted by atomic mass is 10.2. The van der Waals surface area contributed by atoms with Crippen LogP contribution in [-0.2, 0) is 10.0 Å². The molecule has 0 atom stereocenters. The first-order chi connectivity index (χ1) is 8.38. The molecular formula is C11H10N2O4S. The summed E-state index contributed by atoms with van der Waals surface area (Å²) in [6, 6.07) is 6.93. The van der Waals surface area contributed by atoms with E-state index in [4.69, 9.17) is 10.4 Å². The Morgan fingerprint density at radius 3 is 2.61 bits per heavy atom. The molecule has 0 radical (unpaired) electrons. The van der Waals surface area contributed by atoms with Crippen LogP contribution in [0.5, 0.6) is 0 Å². The molecule has 0 spiro atoms. The summed E-state index contributed by atoms with van der Waals surface area (Å²) < 4.78 is 26.2. The van der Waals surface area contributed by atoms with E-state index in [-0.39, 0.29) is 10.5 Å². The maximum absolute atomic E-state index is 12.0. The summed E-state index contributed by atoms with van der Waals surface area (Å²) in [6.45, 7) is 0. The fraction of sp³-hybridized carbons (Fsp3) is 0.273. The number of carboxylic acid groups (broad SMARTS) is 1. The van der Waals surface area contributed by atoms with Gasteiger partial charge in [-0.3, -0.25) is 0 Å². The SMILES string of the molecule is N#CC1(NS(=O)(=O)c2cccc(C(=O)O)c2)CC1. The second-order valence-corrected chi connectivity index (χ2v) is 5.81. The molecule has 0 heterocycles. The molecular weight excluding hydrogens is 256 g/mol. The van der Waals surface area contributed by atoms with Crippen molar-refractivity contribution in [1.82, 2.24) is 4.72 Å². The van der Waals surface area contributed by atoms with Gasteiger partial charge in [-0.05, 0) is 31.0 Å². The summed E-state index contributed by atoms with van der Waals surface area (Å²) >= 11 is 0. The minimum absolute atomic E-state index is 0.111. The quantitative estimate of drug-likeness (QED) is 0.834. The summed E-state index contributed by atoms with van der Waals surface area (Å²) in [7, 11) is -3.86. The monoisotopic (exact) mass is 266 g/mol. The lowest BCUT2D eigenvalue weighted by Gasteiger charge is -2.10. The van der Waals surface area contributed by atoms with Crippen LogP contribution in [0.4, 0.5) is 0 Å². The minimum atomic E-state index is -3.86. The fourth-order valence-electron chi connectivity index (χ4n) is 1.47. The highest BCUT2D eigenvalue weighted by atomic mass is 32.2. The van der Waals surface area contributed by atoms with E-state index in [1.54, 1.807) is 0 Å². The van der Waals surface area contributed by atoms with Gasteiger partial charge in [-0.15, -0.1) is 0 Å². The first-order valence-electron chi connectivity index (χ1n) is 5.17. The van der Waals surface area contributed by atoms with E-state index in [2.05, 4.69) is 4.72 Å². The highest BCUT2D eigenvalue weighted by molar-refractivity contribution is 7.89. The summed E-state index contributed by atoms with van der Waals surface area (Å²) in [6.07, 6.45) is 0.947. The summed E-state index contributed by atoms with van der Waals surface area (Å²) in [4.78, 5) is 10.6. The largest absolute Gasteiger partial charge is 0.478 e. The Hall–Kier alpha value is -1.91. The average Bonchev–Trinajstić information content (AvgIpc) is 3.09. The van der Waals surface area contributed by atoms with Crippen molar-refractivity contribution in [2.45, 2.75) is 23.3 Å². The van der Waals surface area contributed by atoms with E-state index >= 15 is 0 Å². The molecule has 0 aliphatic heterocycles. The van der Waals surface area contributed by atoms with Crippen molar-refractivity contribution in [1.29, 1.82) is 5.26 Å². The van der Waals surface area contributed by atoms with Gasteiger partial charge in [-0.2, -0.15) is 9.98 Å². The number of sulfonamides is 1. The molecule has 0 amide bonds. The number of hydrogen-bond acceptors (Lipinski definition) is 4. The highest BCUT2D eigenvalue weighted by Gasteiger charge is 2.46. The Balaban J connectivity index is 2.33. The van der Waals surface area contributed by atoms with Crippen LogP contribution >= 0.6 is 0 Å². The van der Waals surface area contributed by atoms with Gasteiger partial charge in [0.25, 0.3) is 0 Å². The standard InChI is InChI=1S/C11H10N2O4S/c12-7-11(4-5-11)13-18(16,17)9-3-1-2-8(6-9)10(14)15/h1-3,6,13H,4-5H2,(H,14,15). The zero-order valence-electron chi connectivity index (χ0n) is 9.25. The molecule has 1 fully saturated rings. The molecule has 94 valence electrons. The first-order valence-corrected chi connectivity index (χ1v) is 6.65. The van der Waals surface area contributed by atoms with Gasteiger partial charge in [0.05, 0.1) is 16.5 Å². The molecule has 7 heteroatoms. The van der Waals surface area contributed by atoms with Gasteiger partial charge in [-0.1, -0.05) is 6.07 Å². The number of carbonyl (C=O) groups is 1. The third-order valence-corrected chi connectivity index (χ3v) is 4.22. The number of benzene rings is 1. The Labute approximate surface area is 104 Å². The van der Waals surface area contributed by atoms with Gasteiger partial charge in [0, 0.05) is 0 Å². The van der Waals surface area contributed by atoms with E-state index < -0.39 is 21.5 Å². The van der Waals surface area contributed by atoms with Gasteiger partial charge < -0.3 is 5.11 Å². The maximum Gasteiger partial charge on any atom is 0.335 e. The lowest BCUT2D eigenvalue weighted by Crippen LogP contribution is -2.35. The van der Waals surface area contributed by atoms with Crippen LogP contribution in [0.2, 0.25) is 0 Å². The molecule has 1 aliphatic carbocycles. The van der Waals surface area contributed by atoms with Gasteiger partial charge in [0.2, 0.25) is 10.0 Å². The molecule has 6 nitrogen and oxygen atoms in total. The Morgan fingerprint density at radius 2 is 2.11 bits per heavy atom. The molecule has 1 aliphatic rings. The third-order valence-electron chi connectivity index (χ3n) is 2.69. The molecule has 1 aromatic rings. The number of rotatable bonds is 4. The van der Waals surface area contributed by atoms with Crippen molar-refractivity contribution in [2.75, 3.05) is 0 Å². The van der Waals surface area contributed by atoms with E-state index in [1.807, 2.05) is 6.07 Å². The lowest BCUT2D eigenvalue weighted by molar-refractivity contribution is 0.0696. The van der Waals surface area contributed by atoms with Gasteiger partial charge in [-0.25, -0.2) is 13.2 Å². The van der Waals surface area contributed by atoms with Crippen LogP contribution in [0.15, 0.2) is 29.2 Å². The Bertz CT molecular complexity index is 641. The van der Waals surface area contributed by atoms with Crippen LogP contribution in [0.3, 0.4) is 0 Å². The van der Waals surface area contributed by atoms with Crippen molar-refractivity contribution in [3.05, 3.63) is 29.8 Å². The van der Waals surface area contributed by atoms with Crippen molar-refractivity contribution in [3.63, 3.8) is 0 Å². The molecule has 18 heavy (non-hydrogen) atoms. The normalized spacial score (nSPS) is 16.8. The second kappa shape index (κ2) is 4.08. The van der Waals surface area contributed by atoms with Crippen LogP contribution in [0, 0.1) is 11.3 Å². The zero-order valence-corrected chi connectivity index (χ0v) is 10.1. The van der Waals surface area contributed by atoms with E-state index in [1.165, 1.54) is 18.2 Å². The first kappa shape index (κ1) is 12.5.